The maximum Gasteiger partial charge on any atom is 0.166 e. The van der Waals surface area contributed by atoms with Crippen molar-refractivity contribution >= 4 is 11.6 Å². The number of hydrogen-bond acceptors (Lipinski definition) is 5. The SMILES string of the molecule is CNCc1cc(Cl)cc(OC)c1OCc1c(C)noc1C. The van der Waals surface area contributed by atoms with Gasteiger partial charge in [-0.15, -0.1) is 0 Å². The molecule has 6 heteroatoms. The second-order valence-electron chi connectivity index (χ2n) is 4.72. The molecule has 1 heterocycles. The van der Waals surface area contributed by atoms with Crippen LogP contribution in [0.25, 0.3) is 0 Å². The molecule has 0 aliphatic rings. The van der Waals surface area contributed by atoms with E-state index in [0.29, 0.717) is 29.7 Å². The van der Waals surface area contributed by atoms with Crippen molar-refractivity contribution in [3.05, 3.63) is 39.7 Å². The van der Waals surface area contributed by atoms with Crippen molar-refractivity contribution in [3.63, 3.8) is 0 Å². The summed E-state index contributed by atoms with van der Waals surface area (Å²) in [6, 6.07) is 3.60. The average molecular weight is 311 g/mol. The Morgan fingerprint density at radius 3 is 2.67 bits per heavy atom. The minimum atomic E-state index is 0.371. The van der Waals surface area contributed by atoms with Crippen molar-refractivity contribution in [2.24, 2.45) is 0 Å². The second kappa shape index (κ2) is 6.83. The molecule has 0 radical (unpaired) electrons. The minimum absolute atomic E-state index is 0.371. The fourth-order valence-electron chi connectivity index (χ4n) is 2.11. The third-order valence-electron chi connectivity index (χ3n) is 3.23. The molecular formula is C15H19ClN2O3. The number of nitrogens with one attached hydrogen (secondary N) is 1. The largest absolute Gasteiger partial charge is 0.493 e. The van der Waals surface area contributed by atoms with Crippen molar-refractivity contribution in [2.45, 2.75) is 27.0 Å². The summed E-state index contributed by atoms with van der Waals surface area (Å²) < 4.78 is 16.5. The van der Waals surface area contributed by atoms with E-state index < -0.39 is 0 Å². The number of ether oxygens (including phenoxy) is 2. The lowest BCUT2D eigenvalue weighted by Crippen LogP contribution is -2.09. The number of benzene rings is 1. The lowest BCUT2D eigenvalue weighted by atomic mass is 10.1. The Morgan fingerprint density at radius 2 is 2.10 bits per heavy atom. The summed E-state index contributed by atoms with van der Waals surface area (Å²) in [5.74, 6) is 2.05. The predicted molar refractivity (Wildman–Crippen MR) is 81.1 cm³/mol. The number of hydrogen-bond donors (Lipinski definition) is 1. The zero-order chi connectivity index (χ0) is 15.4. The third-order valence-corrected chi connectivity index (χ3v) is 3.44. The van der Waals surface area contributed by atoms with Gasteiger partial charge < -0.3 is 19.3 Å². The van der Waals surface area contributed by atoms with Crippen LogP contribution < -0.4 is 14.8 Å². The van der Waals surface area contributed by atoms with Gasteiger partial charge in [0.25, 0.3) is 0 Å². The van der Waals surface area contributed by atoms with Gasteiger partial charge in [-0.25, -0.2) is 0 Å². The van der Waals surface area contributed by atoms with Crippen LogP contribution in [-0.2, 0) is 13.2 Å². The fraction of sp³-hybridized carbons (Fsp3) is 0.400. The monoisotopic (exact) mass is 310 g/mol. The van der Waals surface area contributed by atoms with Gasteiger partial charge in [0, 0.05) is 23.2 Å². The Morgan fingerprint density at radius 1 is 1.33 bits per heavy atom. The van der Waals surface area contributed by atoms with Gasteiger partial charge in [0.15, 0.2) is 11.5 Å². The molecule has 0 atom stereocenters. The van der Waals surface area contributed by atoms with E-state index >= 15 is 0 Å². The van der Waals surface area contributed by atoms with Gasteiger partial charge in [0.1, 0.15) is 12.4 Å². The average Bonchev–Trinajstić information content (AvgIpc) is 2.77. The van der Waals surface area contributed by atoms with E-state index in [4.69, 9.17) is 25.6 Å². The fourth-order valence-corrected chi connectivity index (χ4v) is 2.34. The first-order chi connectivity index (χ1) is 10.1. The Hall–Kier alpha value is -1.72. The number of rotatable bonds is 6. The number of aromatic nitrogens is 1. The number of nitrogens with zero attached hydrogens (tertiary/aromatic N) is 1. The van der Waals surface area contributed by atoms with Crippen molar-refractivity contribution in [1.29, 1.82) is 0 Å². The number of halogens is 1. The van der Waals surface area contributed by atoms with E-state index in [0.717, 1.165) is 22.6 Å². The smallest absolute Gasteiger partial charge is 0.166 e. The van der Waals surface area contributed by atoms with Gasteiger partial charge in [-0.3, -0.25) is 0 Å². The molecule has 1 aromatic carbocycles. The Labute approximate surface area is 129 Å². The zero-order valence-electron chi connectivity index (χ0n) is 12.6. The van der Waals surface area contributed by atoms with Crippen LogP contribution in [0.4, 0.5) is 0 Å². The predicted octanol–water partition coefficient (Wildman–Crippen LogP) is 3.25. The molecule has 2 aromatic rings. The molecule has 114 valence electrons. The molecule has 1 N–H and O–H groups in total. The molecule has 0 fully saturated rings. The van der Waals surface area contributed by atoms with Crippen molar-refractivity contribution in [2.75, 3.05) is 14.2 Å². The summed E-state index contributed by atoms with van der Waals surface area (Å²) in [5.41, 5.74) is 2.71. The third kappa shape index (κ3) is 3.49. The first kappa shape index (κ1) is 15.7. The molecule has 0 amide bonds. The van der Waals surface area contributed by atoms with Crippen LogP contribution in [0.3, 0.4) is 0 Å². The molecular weight excluding hydrogens is 292 g/mol. The van der Waals surface area contributed by atoms with Crippen LogP contribution in [0.2, 0.25) is 5.02 Å². The van der Waals surface area contributed by atoms with E-state index in [2.05, 4.69) is 10.5 Å². The highest BCUT2D eigenvalue weighted by atomic mass is 35.5. The molecule has 0 aliphatic carbocycles. The van der Waals surface area contributed by atoms with Gasteiger partial charge >= 0.3 is 0 Å². The van der Waals surface area contributed by atoms with E-state index in [1.807, 2.05) is 27.0 Å². The topological polar surface area (TPSA) is 56.5 Å². The highest BCUT2D eigenvalue weighted by Crippen LogP contribution is 2.35. The van der Waals surface area contributed by atoms with Crippen molar-refractivity contribution < 1.29 is 14.0 Å². The summed E-state index contributed by atoms with van der Waals surface area (Å²) in [6.07, 6.45) is 0. The summed E-state index contributed by atoms with van der Waals surface area (Å²) in [6.45, 7) is 4.76. The molecule has 5 nitrogen and oxygen atoms in total. The Bertz CT molecular complexity index is 606. The molecule has 0 bridgehead atoms. The molecule has 0 spiro atoms. The maximum atomic E-state index is 6.10. The quantitative estimate of drug-likeness (QED) is 0.887. The lowest BCUT2D eigenvalue weighted by molar-refractivity contribution is 0.278. The zero-order valence-corrected chi connectivity index (χ0v) is 13.4. The van der Waals surface area contributed by atoms with Crippen LogP contribution in [0.5, 0.6) is 11.5 Å². The molecule has 21 heavy (non-hydrogen) atoms. The van der Waals surface area contributed by atoms with Crippen LogP contribution >= 0.6 is 11.6 Å². The number of aryl methyl sites for hydroxylation is 2. The minimum Gasteiger partial charge on any atom is -0.493 e. The molecule has 0 aliphatic heterocycles. The Balaban J connectivity index is 2.29. The van der Waals surface area contributed by atoms with Gasteiger partial charge in [0.2, 0.25) is 0 Å². The highest BCUT2D eigenvalue weighted by molar-refractivity contribution is 6.30. The van der Waals surface area contributed by atoms with Crippen molar-refractivity contribution in [1.82, 2.24) is 10.5 Å². The van der Waals surface area contributed by atoms with Crippen LogP contribution in [-0.4, -0.2) is 19.3 Å². The molecule has 0 saturated heterocycles. The molecule has 0 unspecified atom stereocenters. The van der Waals surface area contributed by atoms with Crippen LogP contribution in [0, 0.1) is 13.8 Å². The van der Waals surface area contributed by atoms with Gasteiger partial charge in [-0.2, -0.15) is 0 Å². The first-order valence-corrected chi connectivity index (χ1v) is 7.00. The molecule has 1 aromatic heterocycles. The molecule has 2 rings (SSSR count). The van der Waals surface area contributed by atoms with Crippen LogP contribution in [0.1, 0.15) is 22.6 Å². The maximum absolute atomic E-state index is 6.10. The summed E-state index contributed by atoms with van der Waals surface area (Å²) in [4.78, 5) is 0. The number of methoxy groups -OCH3 is 1. The second-order valence-corrected chi connectivity index (χ2v) is 5.15. The van der Waals surface area contributed by atoms with Crippen molar-refractivity contribution in [3.8, 4) is 11.5 Å². The normalized spacial score (nSPS) is 10.7. The van der Waals surface area contributed by atoms with Crippen LogP contribution in [0.15, 0.2) is 16.7 Å². The molecule has 0 saturated carbocycles. The highest BCUT2D eigenvalue weighted by Gasteiger charge is 2.15. The van der Waals surface area contributed by atoms with Gasteiger partial charge in [-0.1, -0.05) is 16.8 Å². The summed E-state index contributed by atoms with van der Waals surface area (Å²) in [5, 5.41) is 7.63. The van der Waals surface area contributed by atoms with E-state index in [1.54, 1.807) is 13.2 Å². The van der Waals surface area contributed by atoms with E-state index in [1.165, 1.54) is 0 Å². The first-order valence-electron chi connectivity index (χ1n) is 6.62. The summed E-state index contributed by atoms with van der Waals surface area (Å²) >= 11 is 6.10. The van der Waals surface area contributed by atoms with Gasteiger partial charge in [-0.05, 0) is 27.0 Å². The van der Waals surface area contributed by atoms with Gasteiger partial charge in [0.05, 0.1) is 18.4 Å². The van der Waals surface area contributed by atoms with E-state index in [-0.39, 0.29) is 0 Å². The Kier molecular flexibility index (Phi) is 5.09. The standard InChI is InChI=1S/C15H19ClN2O3/c1-9-13(10(2)21-18-9)8-20-15-11(7-17-3)5-12(16)6-14(15)19-4/h5-6,17H,7-8H2,1-4H3. The lowest BCUT2D eigenvalue weighted by Gasteiger charge is -2.15. The van der Waals surface area contributed by atoms with E-state index in [9.17, 15) is 0 Å². The summed E-state index contributed by atoms with van der Waals surface area (Å²) in [7, 11) is 3.46.